The fourth-order valence-electron chi connectivity index (χ4n) is 2.18. The minimum Gasteiger partial charge on any atom is -0.328 e. The van der Waals surface area contributed by atoms with Gasteiger partial charge in [-0.3, -0.25) is 0 Å². The van der Waals surface area contributed by atoms with Crippen LogP contribution in [0.25, 0.3) is 0 Å². The van der Waals surface area contributed by atoms with Crippen LogP contribution in [0.15, 0.2) is 0 Å². The Morgan fingerprint density at radius 2 is 2.27 bits per heavy atom. The molecule has 2 N–H and O–H groups in total. The van der Waals surface area contributed by atoms with Gasteiger partial charge in [-0.25, -0.2) is 4.79 Å². The van der Waals surface area contributed by atoms with Crippen molar-refractivity contribution in [3.8, 4) is 0 Å². The van der Waals surface area contributed by atoms with E-state index in [1.807, 2.05) is 11.9 Å². The highest BCUT2D eigenvalue weighted by Gasteiger charge is 2.29. The minimum absolute atomic E-state index is 0.136. The molecular weight excluding hydrogens is 190 g/mol. The summed E-state index contributed by atoms with van der Waals surface area (Å²) in [6.07, 6.45) is 2.14. The predicted molar refractivity (Wildman–Crippen MR) is 61.6 cm³/mol. The zero-order chi connectivity index (χ0) is 11.4. The van der Waals surface area contributed by atoms with E-state index in [-0.39, 0.29) is 12.1 Å². The van der Waals surface area contributed by atoms with Gasteiger partial charge >= 0.3 is 6.03 Å². The minimum atomic E-state index is 0.136. The number of carbonyl (C=O) groups is 1. The maximum absolute atomic E-state index is 12.0. The van der Waals surface area contributed by atoms with Crippen molar-refractivity contribution in [1.29, 1.82) is 0 Å². The van der Waals surface area contributed by atoms with Gasteiger partial charge in [0.15, 0.2) is 0 Å². The average Bonchev–Trinajstić information content (AvgIpc) is 2.62. The maximum Gasteiger partial charge on any atom is 0.320 e. The molecule has 1 aliphatic rings. The molecule has 0 aliphatic carbocycles. The topological polar surface area (TPSA) is 49.6 Å². The van der Waals surface area contributed by atoms with Gasteiger partial charge in [0.2, 0.25) is 0 Å². The van der Waals surface area contributed by atoms with E-state index in [2.05, 4.69) is 13.8 Å². The first-order valence-corrected chi connectivity index (χ1v) is 5.78. The van der Waals surface area contributed by atoms with Gasteiger partial charge in [0, 0.05) is 32.7 Å². The van der Waals surface area contributed by atoms with Crippen molar-refractivity contribution in [1.82, 2.24) is 9.80 Å². The van der Waals surface area contributed by atoms with Crippen LogP contribution < -0.4 is 5.73 Å². The number of urea groups is 1. The van der Waals surface area contributed by atoms with E-state index < -0.39 is 0 Å². The summed E-state index contributed by atoms with van der Waals surface area (Å²) in [5, 5.41) is 0. The lowest BCUT2D eigenvalue weighted by Crippen LogP contribution is -2.47. The van der Waals surface area contributed by atoms with Crippen LogP contribution in [0.2, 0.25) is 0 Å². The molecule has 88 valence electrons. The van der Waals surface area contributed by atoms with Crippen LogP contribution in [0.3, 0.4) is 0 Å². The quantitative estimate of drug-likeness (QED) is 0.763. The molecule has 1 fully saturated rings. The summed E-state index contributed by atoms with van der Waals surface area (Å²) in [5.74, 6) is 0.512. The van der Waals surface area contributed by atoms with Gasteiger partial charge in [-0.15, -0.1) is 0 Å². The Morgan fingerprint density at radius 1 is 1.60 bits per heavy atom. The van der Waals surface area contributed by atoms with Gasteiger partial charge in [0.1, 0.15) is 0 Å². The van der Waals surface area contributed by atoms with Crippen molar-refractivity contribution in [2.24, 2.45) is 11.7 Å². The van der Waals surface area contributed by atoms with Gasteiger partial charge in [0.05, 0.1) is 0 Å². The fourth-order valence-corrected chi connectivity index (χ4v) is 2.18. The Morgan fingerprint density at radius 3 is 2.80 bits per heavy atom. The highest BCUT2D eigenvalue weighted by Crippen LogP contribution is 2.17. The highest BCUT2D eigenvalue weighted by atomic mass is 16.2. The van der Waals surface area contributed by atoms with E-state index in [1.165, 1.54) is 0 Å². The van der Waals surface area contributed by atoms with Crippen LogP contribution in [0.5, 0.6) is 0 Å². The van der Waals surface area contributed by atoms with E-state index >= 15 is 0 Å². The molecule has 2 amide bonds. The molecule has 15 heavy (non-hydrogen) atoms. The van der Waals surface area contributed by atoms with Crippen molar-refractivity contribution >= 4 is 6.03 Å². The molecule has 1 rings (SSSR count). The smallest absolute Gasteiger partial charge is 0.320 e. The summed E-state index contributed by atoms with van der Waals surface area (Å²) < 4.78 is 0. The third kappa shape index (κ3) is 3.09. The molecule has 1 unspecified atom stereocenters. The Kier molecular flexibility index (Phi) is 4.39. The molecule has 1 aliphatic heterocycles. The molecule has 1 heterocycles. The van der Waals surface area contributed by atoms with Gasteiger partial charge in [-0.1, -0.05) is 13.8 Å². The summed E-state index contributed by atoms with van der Waals surface area (Å²) in [6, 6.07) is 0.392. The summed E-state index contributed by atoms with van der Waals surface area (Å²) in [5.41, 5.74) is 5.65. The van der Waals surface area contributed by atoms with Gasteiger partial charge in [-0.2, -0.15) is 0 Å². The molecule has 1 atom stereocenters. The summed E-state index contributed by atoms with van der Waals surface area (Å²) >= 11 is 0. The molecule has 1 saturated heterocycles. The number of nitrogens with zero attached hydrogens (tertiary/aromatic N) is 2. The van der Waals surface area contributed by atoms with Crippen molar-refractivity contribution in [2.75, 3.05) is 26.7 Å². The van der Waals surface area contributed by atoms with Crippen LogP contribution in [0.1, 0.15) is 26.7 Å². The molecule has 0 saturated carbocycles. The number of likely N-dealkylation sites (tertiary alicyclic amines) is 1. The molecule has 0 aromatic carbocycles. The zero-order valence-corrected chi connectivity index (χ0v) is 10.1. The van der Waals surface area contributed by atoms with E-state index in [9.17, 15) is 4.79 Å². The Bertz CT molecular complexity index is 218. The number of rotatable bonds is 3. The Hall–Kier alpha value is -0.770. The number of hydrogen-bond donors (Lipinski definition) is 1. The molecule has 0 spiro atoms. The Balaban J connectivity index is 2.51. The lowest BCUT2D eigenvalue weighted by molar-refractivity contribution is 0.154. The highest BCUT2D eigenvalue weighted by molar-refractivity contribution is 5.74. The number of carbonyl (C=O) groups excluding carboxylic acids is 1. The van der Waals surface area contributed by atoms with Gasteiger partial charge in [0.25, 0.3) is 0 Å². The van der Waals surface area contributed by atoms with Crippen molar-refractivity contribution < 1.29 is 4.79 Å². The third-order valence-electron chi connectivity index (χ3n) is 2.86. The van der Waals surface area contributed by atoms with E-state index in [0.717, 1.165) is 25.9 Å². The molecule has 0 radical (unpaired) electrons. The van der Waals surface area contributed by atoms with E-state index in [4.69, 9.17) is 5.73 Å². The number of nitrogens with two attached hydrogens (primary N) is 1. The predicted octanol–water partition coefficient (Wildman–Crippen LogP) is 1.12. The van der Waals surface area contributed by atoms with Crippen LogP contribution >= 0.6 is 0 Å². The largest absolute Gasteiger partial charge is 0.328 e. The van der Waals surface area contributed by atoms with Gasteiger partial charge in [-0.05, 0) is 18.8 Å². The lowest BCUT2D eigenvalue weighted by Gasteiger charge is -2.29. The molecule has 4 heteroatoms. The number of amides is 2. The van der Waals surface area contributed by atoms with Crippen molar-refractivity contribution in [3.63, 3.8) is 0 Å². The Labute approximate surface area is 92.4 Å². The molecular formula is C11H23N3O. The standard InChI is InChI=1S/C11H23N3O/c1-9(2)8-13(3)11(15)14-6-4-5-10(14)7-12/h9-10H,4-8,12H2,1-3H3. The third-order valence-corrected chi connectivity index (χ3v) is 2.86. The summed E-state index contributed by atoms with van der Waals surface area (Å²) in [7, 11) is 1.87. The van der Waals surface area contributed by atoms with Crippen LogP contribution in [0, 0.1) is 5.92 Å². The summed E-state index contributed by atoms with van der Waals surface area (Å²) in [6.45, 7) is 6.50. The lowest BCUT2D eigenvalue weighted by atomic mass is 10.2. The molecule has 0 bridgehead atoms. The van der Waals surface area contributed by atoms with Crippen LogP contribution in [-0.2, 0) is 0 Å². The summed E-state index contributed by atoms with van der Waals surface area (Å²) in [4.78, 5) is 15.8. The fraction of sp³-hybridized carbons (Fsp3) is 0.909. The first kappa shape index (κ1) is 12.3. The van der Waals surface area contributed by atoms with E-state index in [0.29, 0.717) is 12.5 Å². The first-order chi connectivity index (χ1) is 7.06. The van der Waals surface area contributed by atoms with Gasteiger partial charge < -0.3 is 15.5 Å². The first-order valence-electron chi connectivity index (χ1n) is 5.78. The number of hydrogen-bond acceptors (Lipinski definition) is 2. The molecule has 0 aromatic rings. The monoisotopic (exact) mass is 213 g/mol. The SMILES string of the molecule is CC(C)CN(C)C(=O)N1CCCC1CN. The van der Waals surface area contributed by atoms with Crippen molar-refractivity contribution in [3.05, 3.63) is 0 Å². The second kappa shape index (κ2) is 5.35. The second-order valence-corrected chi connectivity index (χ2v) is 4.78. The van der Waals surface area contributed by atoms with Crippen LogP contribution in [0.4, 0.5) is 4.79 Å². The maximum atomic E-state index is 12.0. The average molecular weight is 213 g/mol. The van der Waals surface area contributed by atoms with Crippen molar-refractivity contribution in [2.45, 2.75) is 32.7 Å². The molecule has 0 aromatic heterocycles. The van der Waals surface area contributed by atoms with Crippen LogP contribution in [-0.4, -0.2) is 48.6 Å². The second-order valence-electron chi connectivity index (χ2n) is 4.78. The normalized spacial score (nSPS) is 21.1. The van der Waals surface area contributed by atoms with E-state index in [1.54, 1.807) is 4.90 Å². The zero-order valence-electron chi connectivity index (χ0n) is 10.1. The molecule has 4 nitrogen and oxygen atoms in total.